The van der Waals surface area contributed by atoms with Gasteiger partial charge >= 0.3 is 6.03 Å². The lowest BCUT2D eigenvalue weighted by Crippen LogP contribution is -2.49. The number of para-hydroxylation sites is 1. The molecule has 0 saturated heterocycles. The van der Waals surface area contributed by atoms with Crippen molar-refractivity contribution in [2.24, 2.45) is 0 Å². The van der Waals surface area contributed by atoms with E-state index in [1.54, 1.807) is 0 Å². The van der Waals surface area contributed by atoms with Gasteiger partial charge in [0.1, 0.15) is 0 Å². The number of amides is 2. The van der Waals surface area contributed by atoms with Crippen LogP contribution in [0.15, 0.2) is 24.3 Å². The van der Waals surface area contributed by atoms with Crippen LogP contribution in [0.5, 0.6) is 0 Å². The van der Waals surface area contributed by atoms with Gasteiger partial charge in [0.15, 0.2) is 0 Å². The van der Waals surface area contributed by atoms with E-state index in [1.807, 2.05) is 37.8 Å². The van der Waals surface area contributed by atoms with E-state index in [-0.39, 0.29) is 11.6 Å². The average Bonchev–Trinajstić information content (AvgIpc) is 2.74. The van der Waals surface area contributed by atoms with E-state index in [1.165, 1.54) is 16.6 Å². The molecule has 0 aliphatic carbocycles. The number of nitrogens with zero attached hydrogens (tertiary/aromatic N) is 1. The maximum absolute atomic E-state index is 12.3. The molecule has 1 aromatic carbocycles. The molecule has 2 aromatic rings. The van der Waals surface area contributed by atoms with Gasteiger partial charge in [0.2, 0.25) is 0 Å². The Morgan fingerprint density at radius 1 is 1.30 bits per heavy atom. The number of hydrogen-bond donors (Lipinski definition) is 2. The highest BCUT2D eigenvalue weighted by atomic mass is 16.2. The van der Waals surface area contributed by atoms with Gasteiger partial charge in [-0.3, -0.25) is 0 Å². The molecule has 2 heterocycles. The molecule has 1 aliphatic heterocycles. The van der Waals surface area contributed by atoms with Crippen LogP contribution in [0, 0.1) is 0 Å². The lowest BCUT2D eigenvalue weighted by Gasteiger charge is -2.31. The van der Waals surface area contributed by atoms with Crippen LogP contribution in [-0.2, 0) is 13.0 Å². The Labute approximate surface area is 119 Å². The van der Waals surface area contributed by atoms with Gasteiger partial charge in [0.05, 0.1) is 0 Å². The smallest absolute Gasteiger partial charge is 0.318 e. The van der Waals surface area contributed by atoms with Crippen LogP contribution in [0.3, 0.4) is 0 Å². The van der Waals surface area contributed by atoms with Gasteiger partial charge in [-0.1, -0.05) is 18.2 Å². The molecule has 106 valence electrons. The van der Waals surface area contributed by atoms with E-state index in [2.05, 4.69) is 22.4 Å². The number of benzene rings is 1. The molecule has 0 atom stereocenters. The summed E-state index contributed by atoms with van der Waals surface area (Å²) in [7, 11) is 0. The molecular formula is C16H21N3O. The molecule has 0 unspecified atom stereocenters. The summed E-state index contributed by atoms with van der Waals surface area (Å²) in [5, 5.41) is 4.27. The van der Waals surface area contributed by atoms with E-state index in [9.17, 15) is 4.79 Å². The first-order valence-electron chi connectivity index (χ1n) is 7.09. The van der Waals surface area contributed by atoms with Crippen LogP contribution < -0.4 is 5.32 Å². The van der Waals surface area contributed by atoms with Gasteiger partial charge < -0.3 is 15.2 Å². The number of H-pyrrole nitrogens is 1. The van der Waals surface area contributed by atoms with Gasteiger partial charge in [-0.2, -0.15) is 0 Å². The highest BCUT2D eigenvalue weighted by molar-refractivity contribution is 5.85. The van der Waals surface area contributed by atoms with Crippen LogP contribution >= 0.6 is 0 Å². The number of hydrogen-bond acceptors (Lipinski definition) is 1. The lowest BCUT2D eigenvalue weighted by atomic mass is 10.0. The van der Waals surface area contributed by atoms with Gasteiger partial charge in [-0.15, -0.1) is 0 Å². The first-order valence-corrected chi connectivity index (χ1v) is 7.09. The second-order valence-corrected chi connectivity index (χ2v) is 6.48. The Morgan fingerprint density at radius 2 is 2.05 bits per heavy atom. The van der Waals surface area contributed by atoms with Gasteiger partial charge in [-0.05, 0) is 26.8 Å². The molecule has 4 nitrogen and oxygen atoms in total. The number of rotatable bonds is 0. The molecule has 0 saturated carbocycles. The Kier molecular flexibility index (Phi) is 2.96. The number of aromatic amines is 1. The number of carbonyl (C=O) groups excluding carboxylic acids is 1. The van der Waals surface area contributed by atoms with Crippen molar-refractivity contribution in [2.75, 3.05) is 6.54 Å². The van der Waals surface area contributed by atoms with E-state index in [0.29, 0.717) is 6.54 Å². The zero-order valence-electron chi connectivity index (χ0n) is 12.3. The average molecular weight is 271 g/mol. The van der Waals surface area contributed by atoms with Gasteiger partial charge in [0, 0.05) is 47.2 Å². The summed E-state index contributed by atoms with van der Waals surface area (Å²) in [6, 6.07) is 8.32. The van der Waals surface area contributed by atoms with E-state index in [0.717, 1.165) is 18.5 Å². The van der Waals surface area contributed by atoms with Crippen molar-refractivity contribution in [1.82, 2.24) is 15.2 Å². The topological polar surface area (TPSA) is 48.1 Å². The minimum atomic E-state index is -0.197. The maximum atomic E-state index is 12.3. The summed E-state index contributed by atoms with van der Waals surface area (Å²) in [5.41, 5.74) is 3.50. The molecule has 1 aromatic heterocycles. The van der Waals surface area contributed by atoms with Crippen molar-refractivity contribution in [3.05, 3.63) is 35.5 Å². The van der Waals surface area contributed by atoms with Crippen molar-refractivity contribution in [1.29, 1.82) is 0 Å². The number of aromatic nitrogens is 1. The molecule has 0 spiro atoms. The van der Waals surface area contributed by atoms with Crippen molar-refractivity contribution < 1.29 is 4.79 Å². The first-order chi connectivity index (χ1) is 9.44. The molecule has 4 heteroatoms. The third-order valence-corrected chi connectivity index (χ3v) is 3.65. The maximum Gasteiger partial charge on any atom is 0.318 e. The number of urea groups is 1. The predicted octanol–water partition coefficient (Wildman–Crippen LogP) is 3.03. The first kappa shape index (κ1) is 13.0. The predicted molar refractivity (Wildman–Crippen MR) is 80.7 cm³/mol. The minimum absolute atomic E-state index is 0.0217. The zero-order chi connectivity index (χ0) is 14.3. The monoisotopic (exact) mass is 271 g/mol. The summed E-state index contributed by atoms with van der Waals surface area (Å²) in [5.74, 6) is 0. The standard InChI is InChI=1S/C16H21N3O/c1-16(2,3)18-15(20)19-9-8-14-12(10-19)11-6-4-5-7-13(11)17-14/h4-7,17H,8-10H2,1-3H3,(H,18,20). The van der Waals surface area contributed by atoms with Crippen molar-refractivity contribution in [3.63, 3.8) is 0 Å². The molecule has 3 rings (SSSR count). The molecule has 0 radical (unpaired) electrons. The lowest BCUT2D eigenvalue weighted by molar-refractivity contribution is 0.183. The second kappa shape index (κ2) is 4.54. The zero-order valence-corrected chi connectivity index (χ0v) is 12.3. The van der Waals surface area contributed by atoms with Crippen LogP contribution in [0.25, 0.3) is 10.9 Å². The van der Waals surface area contributed by atoms with Crippen molar-refractivity contribution in [3.8, 4) is 0 Å². The summed E-state index contributed by atoms with van der Waals surface area (Å²) in [6.45, 7) is 7.47. The fraction of sp³-hybridized carbons (Fsp3) is 0.438. The van der Waals surface area contributed by atoms with Crippen LogP contribution in [-0.4, -0.2) is 28.0 Å². The quantitative estimate of drug-likeness (QED) is 0.760. The van der Waals surface area contributed by atoms with Gasteiger partial charge in [-0.25, -0.2) is 4.79 Å². The van der Waals surface area contributed by atoms with E-state index in [4.69, 9.17) is 0 Å². The highest BCUT2D eigenvalue weighted by Gasteiger charge is 2.25. The largest absolute Gasteiger partial charge is 0.358 e. The van der Waals surface area contributed by atoms with Crippen LogP contribution in [0.1, 0.15) is 32.0 Å². The third kappa shape index (κ3) is 2.38. The Morgan fingerprint density at radius 3 is 2.80 bits per heavy atom. The molecule has 0 fully saturated rings. The Hall–Kier alpha value is -1.97. The molecule has 1 aliphatic rings. The van der Waals surface area contributed by atoms with E-state index >= 15 is 0 Å². The number of fused-ring (bicyclic) bond motifs is 3. The fourth-order valence-electron chi connectivity index (χ4n) is 2.74. The number of nitrogens with one attached hydrogen (secondary N) is 2. The van der Waals surface area contributed by atoms with Crippen molar-refractivity contribution >= 4 is 16.9 Å². The Balaban J connectivity index is 1.86. The minimum Gasteiger partial charge on any atom is -0.358 e. The Bertz CT molecular complexity index is 651. The summed E-state index contributed by atoms with van der Waals surface area (Å²) in [4.78, 5) is 17.6. The van der Waals surface area contributed by atoms with Gasteiger partial charge in [0.25, 0.3) is 0 Å². The SMILES string of the molecule is CC(C)(C)NC(=O)N1CCc2[nH]c3ccccc3c2C1. The molecule has 0 bridgehead atoms. The summed E-state index contributed by atoms with van der Waals surface area (Å²) in [6.07, 6.45) is 0.890. The molecular weight excluding hydrogens is 250 g/mol. The highest BCUT2D eigenvalue weighted by Crippen LogP contribution is 2.27. The third-order valence-electron chi connectivity index (χ3n) is 3.65. The normalized spacial score (nSPS) is 15.2. The summed E-state index contributed by atoms with van der Waals surface area (Å²) < 4.78 is 0. The van der Waals surface area contributed by atoms with E-state index < -0.39 is 0 Å². The second-order valence-electron chi connectivity index (χ2n) is 6.48. The fourth-order valence-corrected chi connectivity index (χ4v) is 2.74. The molecule has 2 amide bonds. The molecule has 20 heavy (non-hydrogen) atoms. The van der Waals surface area contributed by atoms with Crippen LogP contribution in [0.4, 0.5) is 4.79 Å². The van der Waals surface area contributed by atoms with Crippen molar-refractivity contribution in [2.45, 2.75) is 39.3 Å². The summed E-state index contributed by atoms with van der Waals surface area (Å²) >= 11 is 0. The number of carbonyl (C=O) groups is 1. The van der Waals surface area contributed by atoms with Crippen LogP contribution in [0.2, 0.25) is 0 Å². The molecule has 2 N–H and O–H groups in total.